The summed E-state index contributed by atoms with van der Waals surface area (Å²) in [5.74, 6) is 0.595. The highest BCUT2D eigenvalue weighted by molar-refractivity contribution is 5.73. The molecular formula is C25H27F4N7O3. The van der Waals surface area contributed by atoms with Crippen molar-refractivity contribution in [2.45, 2.75) is 68.9 Å². The largest absolute Gasteiger partial charge is 0.490 e. The molecule has 2 N–H and O–H groups in total. The summed E-state index contributed by atoms with van der Waals surface area (Å²) in [6.45, 7) is 0.924. The molecular weight excluding hydrogens is 522 g/mol. The Hall–Kier alpha value is -3.86. The number of nitrogens with zero attached hydrogens (tertiary/aromatic N) is 6. The van der Waals surface area contributed by atoms with Gasteiger partial charge < -0.3 is 15.2 Å². The van der Waals surface area contributed by atoms with Gasteiger partial charge in [0, 0.05) is 31.4 Å². The van der Waals surface area contributed by atoms with Crippen LogP contribution < -0.4 is 10.1 Å². The zero-order chi connectivity index (χ0) is 28.0. The number of carbonyl (C=O) groups is 1. The van der Waals surface area contributed by atoms with E-state index in [2.05, 4.69) is 37.0 Å². The third kappa shape index (κ3) is 6.97. The van der Waals surface area contributed by atoms with Gasteiger partial charge in [0.2, 0.25) is 0 Å². The van der Waals surface area contributed by atoms with Gasteiger partial charge in [-0.15, -0.1) is 17.4 Å². The van der Waals surface area contributed by atoms with E-state index in [4.69, 9.17) is 21.1 Å². The highest BCUT2D eigenvalue weighted by Gasteiger charge is 2.39. The minimum absolute atomic E-state index is 0.259. The van der Waals surface area contributed by atoms with Crippen molar-refractivity contribution in [3.05, 3.63) is 41.0 Å². The summed E-state index contributed by atoms with van der Waals surface area (Å²) in [5.41, 5.74) is 1.31. The van der Waals surface area contributed by atoms with E-state index in [0.29, 0.717) is 19.0 Å². The van der Waals surface area contributed by atoms with E-state index in [9.17, 15) is 17.6 Å². The summed E-state index contributed by atoms with van der Waals surface area (Å²) in [4.78, 5) is 8.90. The van der Waals surface area contributed by atoms with Crippen molar-refractivity contribution in [1.29, 1.82) is 0 Å². The van der Waals surface area contributed by atoms with Gasteiger partial charge in [-0.2, -0.15) is 23.4 Å². The summed E-state index contributed by atoms with van der Waals surface area (Å²) < 4.78 is 53.6. The number of fused-ring (bicyclic) bond motifs is 1. The number of carboxylic acid groups (broad SMARTS) is 1. The van der Waals surface area contributed by atoms with Gasteiger partial charge in [-0.1, -0.05) is 25.0 Å². The fourth-order valence-electron chi connectivity index (χ4n) is 4.63. The predicted octanol–water partition coefficient (Wildman–Crippen LogP) is 4.63. The molecule has 3 aliphatic rings. The van der Waals surface area contributed by atoms with Gasteiger partial charge in [0.1, 0.15) is 6.61 Å². The lowest BCUT2D eigenvalue weighted by Gasteiger charge is -2.26. The van der Waals surface area contributed by atoms with Crippen LogP contribution in [0.2, 0.25) is 0 Å². The van der Waals surface area contributed by atoms with Gasteiger partial charge in [0.25, 0.3) is 0 Å². The molecule has 0 saturated heterocycles. The number of hydrogen-bond donors (Lipinski definition) is 2. The third-order valence-corrected chi connectivity index (χ3v) is 6.71. The Labute approximate surface area is 221 Å². The molecule has 2 aliphatic heterocycles. The van der Waals surface area contributed by atoms with Crippen LogP contribution in [0.25, 0.3) is 6.08 Å². The molecule has 5 rings (SSSR count). The van der Waals surface area contributed by atoms with Gasteiger partial charge in [-0.05, 0) is 41.0 Å². The minimum atomic E-state index is -5.08. The van der Waals surface area contributed by atoms with Crippen molar-refractivity contribution >= 4 is 12.0 Å². The zero-order valence-corrected chi connectivity index (χ0v) is 20.9. The lowest BCUT2D eigenvalue weighted by atomic mass is 9.99. The predicted molar refractivity (Wildman–Crippen MR) is 130 cm³/mol. The molecule has 1 aromatic carbocycles. The minimum Gasteiger partial charge on any atom is -0.485 e. The Kier molecular flexibility index (Phi) is 8.59. The smallest absolute Gasteiger partial charge is 0.485 e. The first-order chi connectivity index (χ1) is 18.6. The van der Waals surface area contributed by atoms with E-state index in [0.717, 1.165) is 42.6 Å². The highest BCUT2D eigenvalue weighted by atomic mass is 19.4. The van der Waals surface area contributed by atoms with Crippen LogP contribution in [0.5, 0.6) is 5.75 Å². The summed E-state index contributed by atoms with van der Waals surface area (Å²) in [5, 5.41) is 31.9. The van der Waals surface area contributed by atoms with Crippen LogP contribution in [-0.4, -0.2) is 56.3 Å². The Bertz CT molecular complexity index is 1270. The van der Waals surface area contributed by atoms with Crippen molar-refractivity contribution in [3.63, 3.8) is 0 Å². The number of hydrogen-bond acceptors (Lipinski definition) is 8. The van der Waals surface area contributed by atoms with E-state index in [-0.39, 0.29) is 29.9 Å². The molecule has 1 fully saturated rings. The zero-order valence-electron chi connectivity index (χ0n) is 20.9. The molecule has 208 valence electrons. The number of rotatable bonds is 9. The Morgan fingerprint density at radius 2 is 2.00 bits per heavy atom. The molecule has 1 unspecified atom stereocenters. The van der Waals surface area contributed by atoms with Crippen molar-refractivity contribution in [1.82, 2.24) is 25.5 Å². The fourth-order valence-corrected chi connectivity index (χ4v) is 4.63. The van der Waals surface area contributed by atoms with Crippen LogP contribution >= 0.6 is 0 Å². The fraction of sp³-hybridized carbons (Fsp3) is 0.520. The summed E-state index contributed by atoms with van der Waals surface area (Å²) in [7, 11) is 0. The van der Waals surface area contributed by atoms with Crippen LogP contribution in [0.15, 0.2) is 34.0 Å². The summed E-state index contributed by atoms with van der Waals surface area (Å²) in [6.07, 6.45) is 8.96. The van der Waals surface area contributed by atoms with E-state index >= 15 is 0 Å². The van der Waals surface area contributed by atoms with E-state index < -0.39 is 12.1 Å². The number of aromatic nitrogens is 4. The van der Waals surface area contributed by atoms with Crippen molar-refractivity contribution < 1.29 is 32.2 Å². The lowest BCUT2D eigenvalue weighted by molar-refractivity contribution is -0.192. The quantitative estimate of drug-likeness (QED) is 0.345. The average molecular weight is 550 g/mol. The maximum Gasteiger partial charge on any atom is 0.490 e. The topological polar surface area (TPSA) is 127 Å². The van der Waals surface area contributed by atoms with Crippen LogP contribution in [0.3, 0.4) is 0 Å². The van der Waals surface area contributed by atoms with Gasteiger partial charge in [0.15, 0.2) is 23.1 Å². The van der Waals surface area contributed by atoms with Crippen LogP contribution in [0.1, 0.15) is 68.4 Å². The number of nitrogens with one attached hydrogen (secondary N) is 1. The van der Waals surface area contributed by atoms with Crippen LogP contribution in [0.4, 0.5) is 17.6 Å². The second-order valence-electron chi connectivity index (χ2n) is 9.41. The van der Waals surface area contributed by atoms with Gasteiger partial charge in [0.05, 0.1) is 12.1 Å². The maximum atomic E-state index is 14.1. The van der Waals surface area contributed by atoms with Crippen LogP contribution in [0, 0.1) is 18.2 Å². The van der Waals surface area contributed by atoms with E-state index in [1.165, 1.54) is 18.9 Å². The van der Waals surface area contributed by atoms with Crippen LogP contribution in [-0.2, 0) is 4.79 Å². The number of carboxylic acids is 1. The number of tetrazole rings is 1. The Morgan fingerprint density at radius 3 is 2.64 bits per heavy atom. The van der Waals surface area contributed by atoms with Gasteiger partial charge >= 0.3 is 12.1 Å². The first kappa shape index (κ1) is 28.2. The number of alkyl halides is 3. The molecule has 0 amide bonds. The molecule has 1 saturated carbocycles. The standard InChI is InChI=1S/C23H26FN7O.C2HF3O2/c1-2-3-11-23(27-28-23)12-13-25-20(22-26-29-30-31(22)18-8-4-5-9-18)17-14-16-7-6-10-19(24)21(16)32-15-17;3-2(4,5)1(6)7/h1,6-7,10,14,18,20,25H,3-5,8-9,11-13,15H2;(H,6,7). The monoisotopic (exact) mass is 549 g/mol. The second kappa shape index (κ2) is 11.9. The molecule has 10 nitrogen and oxygen atoms in total. The first-order valence-electron chi connectivity index (χ1n) is 12.4. The first-order valence-corrected chi connectivity index (χ1v) is 12.4. The summed E-state index contributed by atoms with van der Waals surface area (Å²) >= 11 is 0. The average Bonchev–Trinajstić information content (AvgIpc) is 3.26. The molecule has 0 spiro atoms. The number of para-hydroxylation sites is 1. The Morgan fingerprint density at radius 1 is 1.28 bits per heavy atom. The highest BCUT2D eigenvalue weighted by Crippen LogP contribution is 2.38. The molecule has 0 bridgehead atoms. The van der Waals surface area contributed by atoms with Crippen molar-refractivity contribution in [3.8, 4) is 18.1 Å². The Balaban J connectivity index is 0.000000448. The van der Waals surface area contributed by atoms with Gasteiger partial charge in [-0.3, -0.25) is 0 Å². The number of terminal acetylenes is 1. The molecule has 39 heavy (non-hydrogen) atoms. The lowest BCUT2D eigenvalue weighted by Crippen LogP contribution is -2.33. The molecule has 1 aliphatic carbocycles. The number of halogens is 4. The molecule has 1 atom stereocenters. The van der Waals surface area contributed by atoms with Crippen molar-refractivity contribution in [2.75, 3.05) is 13.2 Å². The van der Waals surface area contributed by atoms with E-state index in [1.807, 2.05) is 16.8 Å². The number of aliphatic carboxylic acids is 1. The second-order valence-corrected chi connectivity index (χ2v) is 9.41. The third-order valence-electron chi connectivity index (χ3n) is 6.71. The van der Waals surface area contributed by atoms with E-state index in [1.54, 1.807) is 6.07 Å². The molecule has 3 heterocycles. The van der Waals surface area contributed by atoms with Crippen molar-refractivity contribution in [2.24, 2.45) is 10.2 Å². The molecule has 0 radical (unpaired) electrons. The normalized spacial score (nSPS) is 18.2. The molecule has 2 aromatic rings. The SMILES string of the molecule is C#CCCC1(CCNC(C2=Cc3cccc(F)c3OC2)c2nnnn2C2CCCC2)N=N1.O=C(O)C(F)(F)F. The molecule has 1 aromatic heterocycles. The van der Waals surface area contributed by atoms with Gasteiger partial charge in [-0.25, -0.2) is 13.9 Å². The summed E-state index contributed by atoms with van der Waals surface area (Å²) in [6, 6.07) is 4.99. The molecule has 14 heteroatoms. The number of ether oxygens (including phenoxy) is 1. The maximum absolute atomic E-state index is 14.1. The number of benzene rings is 1.